The number of rotatable bonds is 4. The molecule has 0 aromatic carbocycles. The third-order valence-electron chi connectivity index (χ3n) is 1.64. The zero-order chi connectivity index (χ0) is 8.97. The topological polar surface area (TPSA) is 50.1 Å². The molecule has 1 atom stereocenters. The number of aryl methyl sites for hydroxylation is 1. The summed E-state index contributed by atoms with van der Waals surface area (Å²) in [6.07, 6.45) is 3.36. The maximum absolute atomic E-state index is 8.96. The van der Waals surface area contributed by atoms with Crippen LogP contribution in [0.1, 0.15) is 12.7 Å². The lowest BCUT2D eigenvalue weighted by atomic mass is 10.4. The van der Waals surface area contributed by atoms with E-state index in [4.69, 9.17) is 5.11 Å². The average Bonchev–Trinajstić information content (AvgIpc) is 2.36. The van der Waals surface area contributed by atoms with E-state index < -0.39 is 0 Å². The number of hydrogen-bond acceptors (Lipinski definition) is 3. The summed E-state index contributed by atoms with van der Waals surface area (Å²) < 4.78 is 1.95. The standard InChI is InChI=1S/C8H15N3O/c1-7(12)5-9-6-8-10-3-4-11(8)2/h3-4,7,9,12H,5-6H2,1-2H3/t7-/m0/s1. The van der Waals surface area contributed by atoms with Gasteiger partial charge < -0.3 is 15.0 Å². The van der Waals surface area contributed by atoms with Gasteiger partial charge in [-0.3, -0.25) is 0 Å². The lowest BCUT2D eigenvalue weighted by molar-refractivity contribution is 0.190. The molecule has 1 rings (SSSR count). The van der Waals surface area contributed by atoms with Gasteiger partial charge in [0, 0.05) is 26.0 Å². The van der Waals surface area contributed by atoms with Crippen LogP contribution in [-0.4, -0.2) is 27.3 Å². The summed E-state index contributed by atoms with van der Waals surface area (Å²) in [4.78, 5) is 4.13. The summed E-state index contributed by atoms with van der Waals surface area (Å²) >= 11 is 0. The molecule has 0 aliphatic carbocycles. The van der Waals surface area contributed by atoms with Gasteiger partial charge in [-0.15, -0.1) is 0 Å². The molecular weight excluding hydrogens is 154 g/mol. The Kier molecular flexibility index (Phi) is 3.25. The van der Waals surface area contributed by atoms with E-state index in [1.807, 2.05) is 17.8 Å². The van der Waals surface area contributed by atoms with Crippen molar-refractivity contribution in [3.05, 3.63) is 18.2 Å². The van der Waals surface area contributed by atoms with Crippen molar-refractivity contribution in [1.29, 1.82) is 0 Å². The first-order valence-corrected chi connectivity index (χ1v) is 4.05. The first-order chi connectivity index (χ1) is 5.70. The summed E-state index contributed by atoms with van der Waals surface area (Å²) in [5.41, 5.74) is 0. The third-order valence-corrected chi connectivity index (χ3v) is 1.64. The molecule has 0 unspecified atom stereocenters. The number of aliphatic hydroxyl groups is 1. The van der Waals surface area contributed by atoms with E-state index in [-0.39, 0.29) is 6.10 Å². The van der Waals surface area contributed by atoms with Crippen LogP contribution in [0.5, 0.6) is 0 Å². The fraction of sp³-hybridized carbons (Fsp3) is 0.625. The minimum Gasteiger partial charge on any atom is -0.392 e. The van der Waals surface area contributed by atoms with Gasteiger partial charge in [-0.1, -0.05) is 0 Å². The first-order valence-electron chi connectivity index (χ1n) is 4.05. The molecule has 0 amide bonds. The van der Waals surface area contributed by atoms with Gasteiger partial charge in [0.1, 0.15) is 5.82 Å². The second kappa shape index (κ2) is 4.23. The zero-order valence-electron chi connectivity index (χ0n) is 7.49. The lowest BCUT2D eigenvalue weighted by Gasteiger charge is -2.06. The lowest BCUT2D eigenvalue weighted by Crippen LogP contribution is -2.25. The summed E-state index contributed by atoms with van der Waals surface area (Å²) in [7, 11) is 1.95. The maximum atomic E-state index is 8.96. The van der Waals surface area contributed by atoms with Gasteiger partial charge in [-0.05, 0) is 6.92 Å². The molecule has 68 valence electrons. The predicted molar refractivity (Wildman–Crippen MR) is 46.6 cm³/mol. The van der Waals surface area contributed by atoms with Crippen molar-refractivity contribution in [2.75, 3.05) is 6.54 Å². The second-order valence-electron chi connectivity index (χ2n) is 2.93. The van der Waals surface area contributed by atoms with Gasteiger partial charge >= 0.3 is 0 Å². The van der Waals surface area contributed by atoms with Crippen LogP contribution in [0, 0.1) is 0 Å². The summed E-state index contributed by atoms with van der Waals surface area (Å²) in [6.45, 7) is 3.06. The number of hydrogen-bond donors (Lipinski definition) is 2. The molecule has 0 aliphatic rings. The maximum Gasteiger partial charge on any atom is 0.122 e. The molecule has 0 spiro atoms. The van der Waals surface area contributed by atoms with Gasteiger partial charge in [0.2, 0.25) is 0 Å². The quantitative estimate of drug-likeness (QED) is 0.661. The zero-order valence-corrected chi connectivity index (χ0v) is 7.49. The Bertz CT molecular complexity index is 232. The Morgan fingerprint density at radius 2 is 2.50 bits per heavy atom. The average molecular weight is 169 g/mol. The van der Waals surface area contributed by atoms with Gasteiger partial charge in [0.05, 0.1) is 12.6 Å². The van der Waals surface area contributed by atoms with E-state index in [0.717, 1.165) is 5.82 Å². The van der Waals surface area contributed by atoms with E-state index >= 15 is 0 Å². The van der Waals surface area contributed by atoms with Crippen molar-refractivity contribution in [2.45, 2.75) is 19.6 Å². The molecule has 0 radical (unpaired) electrons. The fourth-order valence-corrected chi connectivity index (χ4v) is 0.960. The fourth-order valence-electron chi connectivity index (χ4n) is 0.960. The van der Waals surface area contributed by atoms with Gasteiger partial charge in [-0.2, -0.15) is 0 Å². The van der Waals surface area contributed by atoms with Crippen LogP contribution in [0.25, 0.3) is 0 Å². The van der Waals surface area contributed by atoms with Crippen molar-refractivity contribution in [3.63, 3.8) is 0 Å². The summed E-state index contributed by atoms with van der Waals surface area (Å²) in [5, 5.41) is 12.1. The van der Waals surface area contributed by atoms with Gasteiger partial charge in [0.25, 0.3) is 0 Å². The molecule has 0 bridgehead atoms. The highest BCUT2D eigenvalue weighted by molar-refractivity contribution is 4.90. The van der Waals surface area contributed by atoms with Crippen molar-refractivity contribution in [1.82, 2.24) is 14.9 Å². The van der Waals surface area contributed by atoms with E-state index in [2.05, 4.69) is 10.3 Å². The molecule has 2 N–H and O–H groups in total. The van der Waals surface area contributed by atoms with Crippen molar-refractivity contribution in [2.24, 2.45) is 7.05 Å². The summed E-state index contributed by atoms with van der Waals surface area (Å²) in [6, 6.07) is 0. The number of nitrogens with one attached hydrogen (secondary N) is 1. The van der Waals surface area contributed by atoms with E-state index in [9.17, 15) is 0 Å². The van der Waals surface area contributed by atoms with E-state index in [1.54, 1.807) is 13.1 Å². The van der Waals surface area contributed by atoms with E-state index in [0.29, 0.717) is 13.1 Å². The molecule has 4 nitrogen and oxygen atoms in total. The molecule has 0 saturated carbocycles. The second-order valence-corrected chi connectivity index (χ2v) is 2.93. The SMILES string of the molecule is C[C@H](O)CNCc1nccn1C. The largest absolute Gasteiger partial charge is 0.392 e. The van der Waals surface area contributed by atoms with Crippen LogP contribution in [0.3, 0.4) is 0 Å². The van der Waals surface area contributed by atoms with Crippen molar-refractivity contribution < 1.29 is 5.11 Å². The highest BCUT2D eigenvalue weighted by Gasteiger charge is 1.98. The number of nitrogens with zero attached hydrogens (tertiary/aromatic N) is 2. The van der Waals surface area contributed by atoms with Crippen LogP contribution < -0.4 is 5.32 Å². The van der Waals surface area contributed by atoms with Crippen LogP contribution in [0.2, 0.25) is 0 Å². The minimum atomic E-state index is -0.301. The van der Waals surface area contributed by atoms with Gasteiger partial charge in [-0.25, -0.2) is 4.98 Å². The molecule has 1 aromatic heterocycles. The normalized spacial score (nSPS) is 13.2. The van der Waals surface area contributed by atoms with Crippen molar-refractivity contribution >= 4 is 0 Å². The third kappa shape index (κ3) is 2.64. The smallest absolute Gasteiger partial charge is 0.122 e. The molecule has 0 aliphatic heterocycles. The molecule has 1 aromatic rings. The number of imidazole rings is 1. The highest BCUT2D eigenvalue weighted by Crippen LogP contribution is 1.92. The molecular formula is C8H15N3O. The Labute approximate surface area is 72.2 Å². The van der Waals surface area contributed by atoms with Crippen LogP contribution in [0.4, 0.5) is 0 Å². The molecule has 0 fully saturated rings. The first kappa shape index (κ1) is 9.22. The minimum absolute atomic E-state index is 0.301. The Morgan fingerprint density at radius 3 is 3.00 bits per heavy atom. The Hall–Kier alpha value is -0.870. The monoisotopic (exact) mass is 169 g/mol. The molecule has 0 saturated heterocycles. The number of aromatic nitrogens is 2. The Morgan fingerprint density at radius 1 is 1.75 bits per heavy atom. The predicted octanol–water partition coefficient (Wildman–Crippen LogP) is -0.110. The molecule has 12 heavy (non-hydrogen) atoms. The Balaban J connectivity index is 2.29. The summed E-state index contributed by atoms with van der Waals surface area (Å²) in [5.74, 6) is 0.982. The number of aliphatic hydroxyl groups excluding tert-OH is 1. The van der Waals surface area contributed by atoms with Crippen molar-refractivity contribution in [3.8, 4) is 0 Å². The van der Waals surface area contributed by atoms with Crippen LogP contribution >= 0.6 is 0 Å². The highest BCUT2D eigenvalue weighted by atomic mass is 16.3. The van der Waals surface area contributed by atoms with Crippen LogP contribution in [0.15, 0.2) is 12.4 Å². The molecule has 1 heterocycles. The van der Waals surface area contributed by atoms with Crippen LogP contribution in [-0.2, 0) is 13.6 Å². The molecule has 4 heteroatoms. The van der Waals surface area contributed by atoms with Gasteiger partial charge in [0.15, 0.2) is 0 Å². The van der Waals surface area contributed by atoms with E-state index in [1.165, 1.54) is 0 Å².